The first kappa shape index (κ1) is 18.7. The van der Waals surface area contributed by atoms with Crippen molar-refractivity contribution in [3.63, 3.8) is 0 Å². The average Bonchev–Trinajstić information content (AvgIpc) is 2.92. The van der Waals surface area contributed by atoms with Crippen molar-refractivity contribution in [1.82, 2.24) is 19.4 Å². The maximum Gasteiger partial charge on any atom is 0.330 e. The van der Waals surface area contributed by atoms with Gasteiger partial charge in [-0.1, -0.05) is 32.9 Å². The summed E-state index contributed by atoms with van der Waals surface area (Å²) in [7, 11) is 1.80. The average molecular weight is 380 g/mol. The van der Waals surface area contributed by atoms with Gasteiger partial charge in [-0.15, -0.1) is 0 Å². The molecule has 1 fully saturated rings. The third-order valence-electron chi connectivity index (χ3n) is 5.24. The van der Waals surface area contributed by atoms with Crippen LogP contribution in [0.15, 0.2) is 41.2 Å². The Balaban J connectivity index is 1.74. The standard InChI is InChI=1S/C22H29N5O/c1-22(2,3)15-27-19-9-8-18(24-20(19)25(4)21(27)28)16-6-5-7-17(14-16)26-12-10-23-11-13-26/h5-9,14,23H,10-13,15H2,1-4H3. The van der Waals surface area contributed by atoms with E-state index in [2.05, 4.69) is 55.3 Å². The highest BCUT2D eigenvalue weighted by molar-refractivity contribution is 5.77. The number of pyridine rings is 1. The van der Waals surface area contributed by atoms with Crippen LogP contribution in [0.25, 0.3) is 22.4 Å². The summed E-state index contributed by atoms with van der Waals surface area (Å²) in [4.78, 5) is 20.0. The van der Waals surface area contributed by atoms with Gasteiger partial charge < -0.3 is 10.2 Å². The summed E-state index contributed by atoms with van der Waals surface area (Å²) in [6, 6.07) is 12.6. The predicted molar refractivity (Wildman–Crippen MR) is 115 cm³/mol. The summed E-state index contributed by atoms with van der Waals surface area (Å²) in [5, 5.41) is 3.39. The zero-order valence-corrected chi connectivity index (χ0v) is 17.2. The Bertz CT molecular complexity index is 1050. The number of aromatic nitrogens is 3. The summed E-state index contributed by atoms with van der Waals surface area (Å²) in [6.07, 6.45) is 0. The van der Waals surface area contributed by atoms with Gasteiger partial charge in [-0.25, -0.2) is 9.78 Å². The first-order valence-electron chi connectivity index (χ1n) is 9.96. The van der Waals surface area contributed by atoms with E-state index in [0.29, 0.717) is 6.54 Å². The molecule has 2 aromatic heterocycles. The Morgan fingerprint density at radius 1 is 1.11 bits per heavy atom. The van der Waals surface area contributed by atoms with Crippen LogP contribution in [-0.4, -0.2) is 40.3 Å². The molecular formula is C22H29N5O. The molecule has 28 heavy (non-hydrogen) atoms. The van der Waals surface area contributed by atoms with Gasteiger partial charge in [0.25, 0.3) is 0 Å². The van der Waals surface area contributed by atoms with Crippen molar-refractivity contribution in [3.05, 3.63) is 46.9 Å². The summed E-state index contributed by atoms with van der Waals surface area (Å²) in [6.45, 7) is 11.1. The van der Waals surface area contributed by atoms with Crippen LogP contribution < -0.4 is 15.9 Å². The van der Waals surface area contributed by atoms with Crippen LogP contribution in [0.1, 0.15) is 20.8 Å². The van der Waals surface area contributed by atoms with E-state index in [4.69, 9.17) is 4.98 Å². The smallest absolute Gasteiger partial charge is 0.330 e. The number of hydrogen-bond acceptors (Lipinski definition) is 4. The monoisotopic (exact) mass is 379 g/mol. The second kappa shape index (κ2) is 7.09. The Morgan fingerprint density at radius 3 is 2.57 bits per heavy atom. The second-order valence-electron chi connectivity index (χ2n) is 8.81. The van der Waals surface area contributed by atoms with Crippen molar-refractivity contribution in [2.75, 3.05) is 31.1 Å². The fraction of sp³-hybridized carbons (Fsp3) is 0.455. The first-order valence-corrected chi connectivity index (χ1v) is 9.96. The van der Waals surface area contributed by atoms with Crippen LogP contribution in [-0.2, 0) is 13.6 Å². The van der Waals surface area contributed by atoms with Gasteiger partial charge in [-0.3, -0.25) is 9.13 Å². The number of rotatable bonds is 3. The molecule has 3 heterocycles. The largest absolute Gasteiger partial charge is 0.369 e. The molecule has 6 nitrogen and oxygen atoms in total. The van der Waals surface area contributed by atoms with Gasteiger partial charge in [-0.2, -0.15) is 0 Å². The van der Waals surface area contributed by atoms with Crippen LogP contribution in [0.3, 0.4) is 0 Å². The Hall–Kier alpha value is -2.60. The lowest BCUT2D eigenvalue weighted by atomic mass is 9.97. The van der Waals surface area contributed by atoms with Crippen molar-refractivity contribution >= 4 is 16.9 Å². The topological polar surface area (TPSA) is 55.1 Å². The van der Waals surface area contributed by atoms with Crippen LogP contribution in [0.2, 0.25) is 0 Å². The van der Waals surface area contributed by atoms with Crippen molar-refractivity contribution in [2.45, 2.75) is 27.3 Å². The van der Waals surface area contributed by atoms with Crippen LogP contribution in [0.4, 0.5) is 5.69 Å². The van der Waals surface area contributed by atoms with Crippen LogP contribution in [0, 0.1) is 5.41 Å². The van der Waals surface area contributed by atoms with E-state index in [1.54, 1.807) is 11.6 Å². The van der Waals surface area contributed by atoms with Gasteiger partial charge in [0.15, 0.2) is 5.65 Å². The number of imidazole rings is 1. The molecule has 6 heteroatoms. The molecule has 0 bridgehead atoms. The number of benzene rings is 1. The molecule has 0 atom stereocenters. The predicted octanol–water partition coefficient (Wildman–Crippen LogP) is 2.86. The van der Waals surface area contributed by atoms with Gasteiger partial charge in [0.2, 0.25) is 0 Å². The number of nitrogens with one attached hydrogen (secondary N) is 1. The van der Waals surface area contributed by atoms with Crippen LogP contribution in [0.5, 0.6) is 0 Å². The highest BCUT2D eigenvalue weighted by Gasteiger charge is 2.19. The van der Waals surface area contributed by atoms with E-state index in [1.807, 2.05) is 16.7 Å². The zero-order valence-electron chi connectivity index (χ0n) is 17.2. The van der Waals surface area contributed by atoms with E-state index < -0.39 is 0 Å². The number of piperazine rings is 1. The van der Waals surface area contributed by atoms with Crippen molar-refractivity contribution in [3.8, 4) is 11.3 Å². The molecule has 1 aromatic carbocycles. The van der Waals surface area contributed by atoms with Gasteiger partial charge in [-0.05, 0) is 29.7 Å². The van der Waals surface area contributed by atoms with E-state index >= 15 is 0 Å². The highest BCUT2D eigenvalue weighted by atomic mass is 16.1. The molecule has 1 N–H and O–H groups in total. The van der Waals surface area contributed by atoms with Gasteiger partial charge in [0, 0.05) is 51.0 Å². The molecule has 1 saturated heterocycles. The molecule has 0 radical (unpaired) electrons. The molecule has 0 saturated carbocycles. The summed E-state index contributed by atoms with van der Waals surface area (Å²) in [5.74, 6) is 0. The third kappa shape index (κ3) is 3.56. The van der Waals surface area contributed by atoms with Crippen molar-refractivity contribution in [1.29, 1.82) is 0 Å². The molecule has 0 amide bonds. The molecule has 3 aromatic rings. The van der Waals surface area contributed by atoms with E-state index in [-0.39, 0.29) is 11.1 Å². The zero-order chi connectivity index (χ0) is 19.9. The van der Waals surface area contributed by atoms with Gasteiger partial charge in [0.1, 0.15) is 0 Å². The minimum Gasteiger partial charge on any atom is -0.369 e. The quantitative estimate of drug-likeness (QED) is 0.760. The van der Waals surface area contributed by atoms with Gasteiger partial charge >= 0.3 is 5.69 Å². The lowest BCUT2D eigenvalue weighted by molar-refractivity contribution is 0.342. The maximum atomic E-state index is 12.7. The molecule has 1 aliphatic heterocycles. The van der Waals surface area contributed by atoms with Crippen molar-refractivity contribution in [2.24, 2.45) is 12.5 Å². The number of aryl methyl sites for hydroxylation is 1. The molecule has 1 aliphatic rings. The molecule has 0 unspecified atom stereocenters. The number of nitrogens with zero attached hydrogens (tertiary/aromatic N) is 4. The van der Waals surface area contributed by atoms with E-state index in [1.165, 1.54) is 5.69 Å². The molecule has 4 rings (SSSR count). The number of anilines is 1. The van der Waals surface area contributed by atoms with E-state index in [9.17, 15) is 4.79 Å². The fourth-order valence-corrected chi connectivity index (χ4v) is 3.85. The van der Waals surface area contributed by atoms with E-state index in [0.717, 1.165) is 48.6 Å². The van der Waals surface area contributed by atoms with Crippen molar-refractivity contribution < 1.29 is 0 Å². The second-order valence-corrected chi connectivity index (χ2v) is 8.81. The molecular weight excluding hydrogens is 350 g/mol. The van der Waals surface area contributed by atoms with Crippen LogP contribution >= 0.6 is 0 Å². The first-order chi connectivity index (χ1) is 13.3. The minimum absolute atomic E-state index is 0.0101. The lowest BCUT2D eigenvalue weighted by Gasteiger charge is -2.29. The normalized spacial score (nSPS) is 15.4. The number of fused-ring (bicyclic) bond motifs is 1. The number of hydrogen-bond donors (Lipinski definition) is 1. The summed E-state index contributed by atoms with van der Waals surface area (Å²) >= 11 is 0. The Morgan fingerprint density at radius 2 is 1.86 bits per heavy atom. The molecule has 0 spiro atoms. The molecule has 0 aliphatic carbocycles. The molecule has 148 valence electrons. The SMILES string of the molecule is Cn1c(=O)n(CC(C)(C)C)c2ccc(-c3cccc(N4CCNCC4)c3)nc21. The Kier molecular flexibility index (Phi) is 4.75. The highest BCUT2D eigenvalue weighted by Crippen LogP contribution is 2.26. The third-order valence-corrected chi connectivity index (χ3v) is 5.24. The maximum absolute atomic E-state index is 12.7. The lowest BCUT2D eigenvalue weighted by Crippen LogP contribution is -2.43. The fourth-order valence-electron chi connectivity index (χ4n) is 3.85. The summed E-state index contributed by atoms with van der Waals surface area (Å²) < 4.78 is 3.49. The Labute approximate surface area is 165 Å². The summed E-state index contributed by atoms with van der Waals surface area (Å²) in [5.41, 5.74) is 4.84. The van der Waals surface area contributed by atoms with Gasteiger partial charge in [0.05, 0.1) is 11.2 Å². The minimum atomic E-state index is -0.0101.